The van der Waals surface area contributed by atoms with Crippen molar-refractivity contribution in [3.8, 4) is 5.75 Å². The minimum atomic E-state index is -0.241. The van der Waals surface area contributed by atoms with Crippen molar-refractivity contribution < 1.29 is 9.47 Å². The second-order valence-electron chi connectivity index (χ2n) is 6.88. The standard InChI is InChI=1S/C18H30O2/c1-8-14(4)15-10-9-11-16(12-15)20-17(18(5,6)7)19-13(2)3/h9-14,17H,8H2,1-7H3. The van der Waals surface area contributed by atoms with Gasteiger partial charge in [-0.25, -0.2) is 0 Å². The summed E-state index contributed by atoms with van der Waals surface area (Å²) in [5.74, 6) is 1.45. The van der Waals surface area contributed by atoms with Gasteiger partial charge in [-0.3, -0.25) is 0 Å². The third-order valence-corrected chi connectivity index (χ3v) is 3.39. The molecule has 0 bridgehead atoms. The van der Waals surface area contributed by atoms with Gasteiger partial charge in [-0.2, -0.15) is 0 Å². The van der Waals surface area contributed by atoms with Crippen molar-refractivity contribution in [2.45, 2.75) is 73.2 Å². The molecule has 0 aromatic heterocycles. The lowest BCUT2D eigenvalue weighted by molar-refractivity contribution is -0.162. The maximum absolute atomic E-state index is 6.10. The highest BCUT2D eigenvalue weighted by Gasteiger charge is 2.28. The molecule has 20 heavy (non-hydrogen) atoms. The summed E-state index contributed by atoms with van der Waals surface area (Å²) in [6.45, 7) is 14.9. The Morgan fingerprint density at radius 3 is 2.25 bits per heavy atom. The zero-order valence-electron chi connectivity index (χ0n) is 14.1. The summed E-state index contributed by atoms with van der Waals surface area (Å²) in [6.07, 6.45) is 1.04. The first-order chi connectivity index (χ1) is 9.24. The Hall–Kier alpha value is -1.02. The molecule has 2 heteroatoms. The Morgan fingerprint density at radius 1 is 1.10 bits per heavy atom. The van der Waals surface area contributed by atoms with Gasteiger partial charge in [-0.1, -0.05) is 46.8 Å². The highest BCUT2D eigenvalue weighted by molar-refractivity contribution is 5.30. The van der Waals surface area contributed by atoms with Crippen LogP contribution in [-0.4, -0.2) is 12.4 Å². The molecule has 1 rings (SSSR count). The zero-order valence-corrected chi connectivity index (χ0v) is 14.1. The van der Waals surface area contributed by atoms with Crippen LogP contribution in [0.15, 0.2) is 24.3 Å². The average Bonchev–Trinajstić information content (AvgIpc) is 2.36. The summed E-state index contributed by atoms with van der Waals surface area (Å²) in [5.41, 5.74) is 1.26. The Bertz CT molecular complexity index is 404. The van der Waals surface area contributed by atoms with Crippen molar-refractivity contribution in [1.29, 1.82) is 0 Å². The van der Waals surface area contributed by atoms with E-state index >= 15 is 0 Å². The molecule has 0 aliphatic heterocycles. The molecular formula is C18H30O2. The number of hydrogen-bond donors (Lipinski definition) is 0. The molecule has 114 valence electrons. The summed E-state index contributed by atoms with van der Waals surface area (Å²) in [5, 5.41) is 0. The van der Waals surface area contributed by atoms with Crippen molar-refractivity contribution >= 4 is 0 Å². The van der Waals surface area contributed by atoms with Crippen LogP contribution in [0.1, 0.15) is 66.4 Å². The summed E-state index contributed by atoms with van der Waals surface area (Å²) in [7, 11) is 0. The highest BCUT2D eigenvalue weighted by Crippen LogP contribution is 2.29. The smallest absolute Gasteiger partial charge is 0.204 e. The average molecular weight is 278 g/mol. The maximum Gasteiger partial charge on any atom is 0.204 e. The van der Waals surface area contributed by atoms with E-state index in [0.29, 0.717) is 5.92 Å². The van der Waals surface area contributed by atoms with E-state index < -0.39 is 0 Å². The van der Waals surface area contributed by atoms with Gasteiger partial charge < -0.3 is 9.47 Å². The van der Waals surface area contributed by atoms with E-state index in [-0.39, 0.29) is 17.8 Å². The normalized spacial score (nSPS) is 15.2. The summed E-state index contributed by atoms with van der Waals surface area (Å²) < 4.78 is 12.0. The van der Waals surface area contributed by atoms with E-state index in [0.717, 1.165) is 12.2 Å². The lowest BCUT2D eigenvalue weighted by atomic mass is 9.95. The van der Waals surface area contributed by atoms with Gasteiger partial charge in [-0.15, -0.1) is 0 Å². The van der Waals surface area contributed by atoms with Gasteiger partial charge in [0.05, 0.1) is 6.10 Å². The Morgan fingerprint density at radius 2 is 1.75 bits per heavy atom. The number of ether oxygens (including phenoxy) is 2. The van der Waals surface area contributed by atoms with Crippen LogP contribution < -0.4 is 4.74 Å². The third kappa shape index (κ3) is 5.16. The zero-order chi connectivity index (χ0) is 15.3. The molecule has 2 nitrogen and oxygen atoms in total. The van der Waals surface area contributed by atoms with E-state index in [1.165, 1.54) is 5.56 Å². The Kier molecular flexibility index (Phi) is 6.07. The van der Waals surface area contributed by atoms with Crippen LogP contribution >= 0.6 is 0 Å². The third-order valence-electron chi connectivity index (χ3n) is 3.39. The Balaban J connectivity index is 2.88. The topological polar surface area (TPSA) is 18.5 Å². The molecule has 0 spiro atoms. The molecule has 0 aliphatic carbocycles. The second-order valence-corrected chi connectivity index (χ2v) is 6.88. The Labute approximate surface area is 124 Å². The molecule has 0 radical (unpaired) electrons. The van der Waals surface area contributed by atoms with Crippen LogP contribution in [0, 0.1) is 5.41 Å². The second kappa shape index (κ2) is 7.12. The van der Waals surface area contributed by atoms with Crippen LogP contribution in [0.5, 0.6) is 5.75 Å². The van der Waals surface area contributed by atoms with Crippen molar-refractivity contribution in [2.75, 3.05) is 0 Å². The van der Waals surface area contributed by atoms with Crippen molar-refractivity contribution in [1.82, 2.24) is 0 Å². The molecule has 0 saturated heterocycles. The fourth-order valence-corrected chi connectivity index (χ4v) is 1.91. The summed E-state index contributed by atoms with van der Waals surface area (Å²) in [4.78, 5) is 0. The van der Waals surface area contributed by atoms with E-state index in [4.69, 9.17) is 9.47 Å². The molecule has 0 fully saturated rings. The lowest BCUT2D eigenvalue weighted by Crippen LogP contribution is -2.36. The van der Waals surface area contributed by atoms with Crippen molar-refractivity contribution in [3.05, 3.63) is 29.8 Å². The quantitative estimate of drug-likeness (QED) is 0.651. The first kappa shape index (κ1) is 17.0. The molecule has 2 unspecified atom stereocenters. The number of rotatable bonds is 6. The minimum Gasteiger partial charge on any atom is -0.464 e. The van der Waals surface area contributed by atoms with E-state index in [9.17, 15) is 0 Å². The number of hydrogen-bond acceptors (Lipinski definition) is 2. The summed E-state index contributed by atoms with van der Waals surface area (Å²) >= 11 is 0. The molecule has 0 amide bonds. The summed E-state index contributed by atoms with van der Waals surface area (Å²) in [6, 6.07) is 8.37. The van der Waals surface area contributed by atoms with Gasteiger partial charge in [0.2, 0.25) is 6.29 Å². The molecule has 2 atom stereocenters. The predicted molar refractivity (Wildman–Crippen MR) is 85.2 cm³/mol. The van der Waals surface area contributed by atoms with Gasteiger partial charge >= 0.3 is 0 Å². The number of benzene rings is 1. The fraction of sp³-hybridized carbons (Fsp3) is 0.667. The largest absolute Gasteiger partial charge is 0.464 e. The predicted octanol–water partition coefficient (Wildman–Crippen LogP) is 5.38. The van der Waals surface area contributed by atoms with Crippen LogP contribution in [0.3, 0.4) is 0 Å². The van der Waals surface area contributed by atoms with Gasteiger partial charge in [0.25, 0.3) is 0 Å². The van der Waals surface area contributed by atoms with Crippen LogP contribution in [0.2, 0.25) is 0 Å². The SMILES string of the molecule is CCC(C)c1cccc(OC(OC(C)C)C(C)(C)C)c1. The van der Waals surface area contributed by atoms with Crippen LogP contribution in [0.25, 0.3) is 0 Å². The monoisotopic (exact) mass is 278 g/mol. The first-order valence-corrected chi connectivity index (χ1v) is 7.66. The van der Waals surface area contributed by atoms with E-state index in [1.54, 1.807) is 0 Å². The minimum absolute atomic E-state index is 0.0589. The van der Waals surface area contributed by atoms with E-state index in [1.807, 2.05) is 19.9 Å². The van der Waals surface area contributed by atoms with Crippen LogP contribution in [0.4, 0.5) is 0 Å². The van der Waals surface area contributed by atoms with Gasteiger partial charge in [0, 0.05) is 5.41 Å². The first-order valence-electron chi connectivity index (χ1n) is 7.66. The van der Waals surface area contributed by atoms with Crippen LogP contribution in [-0.2, 0) is 4.74 Å². The molecule has 1 aromatic carbocycles. The van der Waals surface area contributed by atoms with Gasteiger partial charge in [-0.05, 0) is 43.9 Å². The van der Waals surface area contributed by atoms with Gasteiger partial charge in [0.15, 0.2) is 0 Å². The fourth-order valence-electron chi connectivity index (χ4n) is 1.91. The molecule has 0 heterocycles. The maximum atomic E-state index is 6.10. The van der Waals surface area contributed by atoms with E-state index in [2.05, 4.69) is 52.8 Å². The molecule has 0 N–H and O–H groups in total. The van der Waals surface area contributed by atoms with Gasteiger partial charge in [0.1, 0.15) is 5.75 Å². The molecule has 0 saturated carbocycles. The van der Waals surface area contributed by atoms with Crippen molar-refractivity contribution in [2.24, 2.45) is 5.41 Å². The lowest BCUT2D eigenvalue weighted by Gasteiger charge is -2.32. The highest BCUT2D eigenvalue weighted by atomic mass is 16.7. The molecule has 1 aromatic rings. The molecule has 0 aliphatic rings. The molecular weight excluding hydrogens is 248 g/mol. The van der Waals surface area contributed by atoms with Crippen molar-refractivity contribution in [3.63, 3.8) is 0 Å².